The van der Waals surface area contributed by atoms with Crippen molar-refractivity contribution in [2.75, 3.05) is 6.54 Å². The summed E-state index contributed by atoms with van der Waals surface area (Å²) < 4.78 is 0. The van der Waals surface area contributed by atoms with Crippen LogP contribution in [-0.2, 0) is 4.79 Å². The summed E-state index contributed by atoms with van der Waals surface area (Å²) in [6, 6.07) is 0. The molecule has 0 atom stereocenters. The molecule has 0 aliphatic rings. The van der Waals surface area contributed by atoms with Gasteiger partial charge in [-0.1, -0.05) is 94.9 Å². The third-order valence-corrected chi connectivity index (χ3v) is 4.51. The van der Waals surface area contributed by atoms with Crippen LogP contribution in [0.2, 0.25) is 0 Å². The van der Waals surface area contributed by atoms with Crippen molar-refractivity contribution >= 4 is 5.91 Å². The Hall–Kier alpha value is -1.61. The number of rotatable bonds is 16. The van der Waals surface area contributed by atoms with Crippen molar-refractivity contribution in [2.24, 2.45) is 0 Å². The zero-order valence-corrected chi connectivity index (χ0v) is 17.8. The molecular formula is C24H41NO2. The molecule has 0 rings (SSSR count). The number of hydrogen-bond acceptors (Lipinski definition) is 2. The van der Waals surface area contributed by atoms with Crippen LogP contribution in [0.25, 0.3) is 0 Å². The lowest BCUT2D eigenvalue weighted by atomic mass is 9.90. The quantitative estimate of drug-likeness (QED) is 0.197. The van der Waals surface area contributed by atoms with E-state index in [-0.39, 0.29) is 5.91 Å². The lowest BCUT2D eigenvalue weighted by Crippen LogP contribution is -2.42. The maximum absolute atomic E-state index is 12.0. The molecule has 0 aromatic carbocycles. The highest BCUT2D eigenvalue weighted by Crippen LogP contribution is 2.22. The predicted molar refractivity (Wildman–Crippen MR) is 118 cm³/mol. The number of hydrogen-bond donors (Lipinski definition) is 2. The van der Waals surface area contributed by atoms with E-state index in [0.29, 0.717) is 6.54 Å². The van der Waals surface area contributed by atoms with Gasteiger partial charge in [0.25, 0.3) is 0 Å². The fourth-order valence-corrected chi connectivity index (χ4v) is 2.82. The summed E-state index contributed by atoms with van der Waals surface area (Å²) in [7, 11) is 0. The number of nitrogens with one attached hydrogen (secondary N) is 1. The van der Waals surface area contributed by atoms with Gasteiger partial charge < -0.3 is 10.4 Å². The van der Waals surface area contributed by atoms with Gasteiger partial charge in [-0.2, -0.15) is 0 Å². The maximum Gasteiger partial charge on any atom is 0.243 e. The first-order valence-corrected chi connectivity index (χ1v) is 10.7. The lowest BCUT2D eigenvalue weighted by molar-refractivity contribution is -0.118. The molecule has 0 saturated heterocycles. The van der Waals surface area contributed by atoms with Gasteiger partial charge in [-0.05, 0) is 38.7 Å². The third kappa shape index (κ3) is 16.3. The first-order chi connectivity index (χ1) is 13.1. The lowest BCUT2D eigenvalue weighted by Gasteiger charge is -2.28. The molecule has 0 bridgehead atoms. The van der Waals surface area contributed by atoms with Crippen molar-refractivity contribution < 1.29 is 9.90 Å². The van der Waals surface area contributed by atoms with Crippen molar-refractivity contribution in [3.63, 3.8) is 0 Å². The summed E-state index contributed by atoms with van der Waals surface area (Å²) >= 11 is 0. The van der Waals surface area contributed by atoms with Crippen LogP contribution in [0.1, 0.15) is 85.0 Å². The van der Waals surface area contributed by atoms with Gasteiger partial charge >= 0.3 is 0 Å². The second-order valence-corrected chi connectivity index (χ2v) is 7.17. The number of carbonyl (C=O) groups is 1. The van der Waals surface area contributed by atoms with E-state index >= 15 is 0 Å². The summed E-state index contributed by atoms with van der Waals surface area (Å²) in [5.41, 5.74) is -0.768. The molecule has 1 amide bonds. The highest BCUT2D eigenvalue weighted by Gasteiger charge is 2.26. The summed E-state index contributed by atoms with van der Waals surface area (Å²) in [4.78, 5) is 12.0. The molecule has 0 aromatic heterocycles. The van der Waals surface area contributed by atoms with Crippen LogP contribution in [0.3, 0.4) is 0 Å². The largest absolute Gasteiger partial charge is 0.388 e. The van der Waals surface area contributed by atoms with Gasteiger partial charge in [-0.3, -0.25) is 4.79 Å². The summed E-state index contributed by atoms with van der Waals surface area (Å²) in [6.07, 6.45) is 25.4. The Morgan fingerprint density at radius 2 is 1.48 bits per heavy atom. The Labute approximate surface area is 167 Å². The van der Waals surface area contributed by atoms with E-state index in [1.807, 2.05) is 43.4 Å². The average molecular weight is 376 g/mol. The van der Waals surface area contributed by atoms with Gasteiger partial charge in [0, 0.05) is 6.54 Å². The van der Waals surface area contributed by atoms with Gasteiger partial charge in [0.1, 0.15) is 0 Å². The molecule has 2 N–H and O–H groups in total. The standard InChI is InChI=1S/C24H41NO2/c1-4-7-10-11-12-13-14-15-16-19-23(26)25-22-24(27,20-17-8-5-2)21-18-9-6-3/h4,7,10-13,16,19,27H,5-6,8-9,14-15,17-18,20-22H2,1-3H3,(H,25,26). The van der Waals surface area contributed by atoms with Gasteiger partial charge in [-0.25, -0.2) is 0 Å². The van der Waals surface area contributed by atoms with Gasteiger partial charge in [0.2, 0.25) is 5.91 Å². The first-order valence-electron chi connectivity index (χ1n) is 10.7. The topological polar surface area (TPSA) is 49.3 Å². The van der Waals surface area contributed by atoms with E-state index < -0.39 is 5.60 Å². The molecule has 0 saturated carbocycles. The molecule has 0 aliphatic heterocycles. The Morgan fingerprint density at radius 1 is 0.889 bits per heavy atom. The summed E-state index contributed by atoms with van der Waals surface area (Å²) in [6.45, 7) is 6.66. The third-order valence-electron chi connectivity index (χ3n) is 4.51. The SMILES string of the molecule is CC=CC=CC=CCCC=CC(=O)NCC(O)(CCCCC)CCCCC. The van der Waals surface area contributed by atoms with Gasteiger partial charge in [0.05, 0.1) is 5.60 Å². The molecule has 0 heterocycles. The fourth-order valence-electron chi connectivity index (χ4n) is 2.82. The maximum atomic E-state index is 12.0. The van der Waals surface area contributed by atoms with Crippen LogP contribution in [0, 0.1) is 0 Å². The number of unbranched alkanes of at least 4 members (excludes halogenated alkanes) is 5. The molecule has 0 fully saturated rings. The number of allylic oxidation sites excluding steroid dienone is 7. The van der Waals surface area contributed by atoms with Crippen molar-refractivity contribution in [3.05, 3.63) is 48.6 Å². The second kappa shape index (κ2) is 17.8. The molecule has 154 valence electrons. The normalized spacial score (nSPS) is 12.9. The van der Waals surface area contributed by atoms with Crippen LogP contribution in [-0.4, -0.2) is 23.2 Å². The van der Waals surface area contributed by atoms with E-state index in [9.17, 15) is 9.90 Å². The molecular weight excluding hydrogens is 334 g/mol. The number of aliphatic hydroxyl groups is 1. The highest BCUT2D eigenvalue weighted by molar-refractivity contribution is 5.87. The van der Waals surface area contributed by atoms with Crippen molar-refractivity contribution in [2.45, 2.75) is 90.6 Å². The van der Waals surface area contributed by atoms with Gasteiger partial charge in [-0.15, -0.1) is 0 Å². The minimum atomic E-state index is -0.768. The molecule has 3 nitrogen and oxygen atoms in total. The Kier molecular flexibility index (Phi) is 16.7. The van der Waals surface area contributed by atoms with Crippen LogP contribution in [0.4, 0.5) is 0 Å². The first kappa shape index (κ1) is 25.4. The van der Waals surface area contributed by atoms with E-state index in [1.165, 1.54) is 0 Å². The molecule has 0 aromatic rings. The monoisotopic (exact) mass is 375 g/mol. The zero-order chi connectivity index (χ0) is 20.2. The molecule has 0 unspecified atom stereocenters. The van der Waals surface area contributed by atoms with Crippen LogP contribution in [0.5, 0.6) is 0 Å². The van der Waals surface area contributed by atoms with Crippen LogP contribution < -0.4 is 5.32 Å². The van der Waals surface area contributed by atoms with E-state index in [0.717, 1.165) is 64.2 Å². The molecule has 0 spiro atoms. The highest BCUT2D eigenvalue weighted by atomic mass is 16.3. The van der Waals surface area contributed by atoms with Gasteiger partial charge in [0.15, 0.2) is 0 Å². The van der Waals surface area contributed by atoms with E-state index in [4.69, 9.17) is 0 Å². The minimum Gasteiger partial charge on any atom is -0.388 e. The molecule has 3 heteroatoms. The molecule has 0 radical (unpaired) electrons. The van der Waals surface area contributed by atoms with Crippen LogP contribution >= 0.6 is 0 Å². The van der Waals surface area contributed by atoms with Crippen LogP contribution in [0.15, 0.2) is 48.6 Å². The predicted octanol–water partition coefficient (Wildman–Crippen LogP) is 6.02. The smallest absolute Gasteiger partial charge is 0.243 e. The second-order valence-electron chi connectivity index (χ2n) is 7.17. The van der Waals surface area contributed by atoms with Crippen molar-refractivity contribution in [3.8, 4) is 0 Å². The minimum absolute atomic E-state index is 0.114. The molecule has 0 aliphatic carbocycles. The van der Waals surface area contributed by atoms with Crippen molar-refractivity contribution in [1.29, 1.82) is 0 Å². The Bertz CT molecular complexity index is 465. The van der Waals surface area contributed by atoms with E-state index in [2.05, 4.69) is 25.2 Å². The summed E-state index contributed by atoms with van der Waals surface area (Å²) in [5, 5.41) is 13.8. The van der Waals surface area contributed by atoms with E-state index in [1.54, 1.807) is 6.08 Å². The Balaban J connectivity index is 4.21. The zero-order valence-electron chi connectivity index (χ0n) is 17.8. The fraction of sp³-hybridized carbons (Fsp3) is 0.625. The number of amides is 1. The number of carbonyl (C=O) groups excluding carboxylic acids is 1. The van der Waals surface area contributed by atoms with Crippen molar-refractivity contribution in [1.82, 2.24) is 5.32 Å². The Morgan fingerprint density at radius 3 is 2.07 bits per heavy atom. The average Bonchev–Trinajstić information content (AvgIpc) is 2.66. The summed E-state index contributed by atoms with van der Waals surface area (Å²) in [5.74, 6) is -0.114. The molecule has 27 heavy (non-hydrogen) atoms.